The monoisotopic (exact) mass is 287 g/mol. The minimum Gasteiger partial charge on any atom is -0.478 e. The number of aromatic carboxylic acids is 1. The van der Waals surface area contributed by atoms with E-state index in [1.54, 1.807) is 36.7 Å². The number of anilines is 1. The smallest absolute Gasteiger partial charge is 0.335 e. The van der Waals surface area contributed by atoms with Gasteiger partial charge in [0, 0.05) is 6.54 Å². The number of hydrogen-bond acceptors (Lipinski definition) is 5. The molecular weight excluding hydrogens is 270 g/mol. The fourth-order valence-electron chi connectivity index (χ4n) is 1.69. The highest BCUT2D eigenvalue weighted by Crippen LogP contribution is 2.12. The zero-order valence-corrected chi connectivity index (χ0v) is 11.9. The van der Waals surface area contributed by atoms with Crippen molar-refractivity contribution in [2.45, 2.75) is 26.5 Å². The molecule has 1 heterocycles. The largest absolute Gasteiger partial charge is 0.478 e. The lowest BCUT2D eigenvalue weighted by Crippen LogP contribution is -2.09. The molecule has 6 heteroatoms. The number of carbonyl (C=O) groups is 1. The van der Waals surface area contributed by atoms with Crippen LogP contribution < -0.4 is 10.1 Å². The molecule has 0 aliphatic carbocycles. The molecule has 6 nitrogen and oxygen atoms in total. The van der Waals surface area contributed by atoms with Gasteiger partial charge in [0.25, 0.3) is 0 Å². The summed E-state index contributed by atoms with van der Waals surface area (Å²) in [7, 11) is 0. The van der Waals surface area contributed by atoms with Crippen molar-refractivity contribution in [1.29, 1.82) is 0 Å². The van der Waals surface area contributed by atoms with E-state index in [2.05, 4.69) is 15.3 Å². The van der Waals surface area contributed by atoms with Crippen LogP contribution in [0.15, 0.2) is 36.7 Å². The van der Waals surface area contributed by atoms with Crippen molar-refractivity contribution in [2.24, 2.45) is 0 Å². The van der Waals surface area contributed by atoms with Crippen LogP contribution >= 0.6 is 0 Å². The SMILES string of the molecule is CC(C)Oc1cncc(NCc2ccc(C(=O)O)cc2)n1. The molecule has 1 aromatic carbocycles. The van der Waals surface area contributed by atoms with E-state index in [1.165, 1.54) is 0 Å². The second-order valence-electron chi connectivity index (χ2n) is 4.76. The maximum absolute atomic E-state index is 10.8. The Bertz CT molecular complexity index is 612. The summed E-state index contributed by atoms with van der Waals surface area (Å²) >= 11 is 0. The summed E-state index contributed by atoms with van der Waals surface area (Å²) < 4.78 is 5.47. The average molecular weight is 287 g/mol. The molecule has 2 rings (SSSR count). The molecule has 0 saturated carbocycles. The van der Waals surface area contributed by atoms with Gasteiger partial charge in [-0.3, -0.25) is 4.98 Å². The van der Waals surface area contributed by atoms with Gasteiger partial charge >= 0.3 is 5.97 Å². The molecule has 0 radical (unpaired) electrons. The van der Waals surface area contributed by atoms with Crippen molar-refractivity contribution in [1.82, 2.24) is 9.97 Å². The van der Waals surface area contributed by atoms with E-state index in [0.717, 1.165) is 5.56 Å². The first-order chi connectivity index (χ1) is 10.0. The Balaban J connectivity index is 1.97. The van der Waals surface area contributed by atoms with Crippen molar-refractivity contribution in [3.05, 3.63) is 47.8 Å². The molecule has 2 N–H and O–H groups in total. The van der Waals surface area contributed by atoms with E-state index >= 15 is 0 Å². The van der Waals surface area contributed by atoms with Crippen LogP contribution in [0.2, 0.25) is 0 Å². The number of nitrogens with zero attached hydrogens (tertiary/aromatic N) is 2. The van der Waals surface area contributed by atoms with Crippen LogP contribution in [0.5, 0.6) is 5.88 Å². The number of benzene rings is 1. The normalized spacial score (nSPS) is 10.4. The summed E-state index contributed by atoms with van der Waals surface area (Å²) in [6.45, 7) is 4.37. The zero-order chi connectivity index (χ0) is 15.2. The van der Waals surface area contributed by atoms with Gasteiger partial charge in [-0.05, 0) is 31.5 Å². The van der Waals surface area contributed by atoms with E-state index in [9.17, 15) is 4.79 Å². The summed E-state index contributed by atoms with van der Waals surface area (Å²) in [5, 5.41) is 12.0. The van der Waals surface area contributed by atoms with Crippen LogP contribution in [-0.4, -0.2) is 27.1 Å². The van der Waals surface area contributed by atoms with Crippen LogP contribution in [-0.2, 0) is 6.54 Å². The Morgan fingerprint density at radius 1 is 1.29 bits per heavy atom. The first-order valence-corrected chi connectivity index (χ1v) is 6.59. The Labute approximate surface area is 122 Å². The predicted octanol–water partition coefficient (Wildman–Crippen LogP) is 2.57. The van der Waals surface area contributed by atoms with E-state index in [0.29, 0.717) is 18.2 Å². The fourth-order valence-corrected chi connectivity index (χ4v) is 1.69. The van der Waals surface area contributed by atoms with Crippen LogP contribution in [0.3, 0.4) is 0 Å². The van der Waals surface area contributed by atoms with Gasteiger partial charge in [0.2, 0.25) is 5.88 Å². The molecule has 0 unspecified atom stereocenters. The number of ether oxygens (including phenoxy) is 1. The van der Waals surface area contributed by atoms with E-state index in [-0.39, 0.29) is 11.7 Å². The van der Waals surface area contributed by atoms with Gasteiger partial charge in [-0.1, -0.05) is 12.1 Å². The second-order valence-corrected chi connectivity index (χ2v) is 4.76. The molecule has 0 fully saturated rings. The fraction of sp³-hybridized carbons (Fsp3) is 0.267. The molecule has 0 spiro atoms. The molecule has 2 aromatic rings. The third-order valence-corrected chi connectivity index (χ3v) is 2.64. The van der Waals surface area contributed by atoms with Crippen molar-refractivity contribution >= 4 is 11.8 Å². The van der Waals surface area contributed by atoms with Crippen molar-refractivity contribution in [2.75, 3.05) is 5.32 Å². The molecule has 0 bridgehead atoms. The molecule has 21 heavy (non-hydrogen) atoms. The highest BCUT2D eigenvalue weighted by molar-refractivity contribution is 5.87. The molecule has 0 atom stereocenters. The van der Waals surface area contributed by atoms with Gasteiger partial charge in [0.15, 0.2) is 0 Å². The van der Waals surface area contributed by atoms with E-state index < -0.39 is 5.97 Å². The van der Waals surface area contributed by atoms with Gasteiger partial charge in [-0.2, -0.15) is 4.98 Å². The summed E-state index contributed by atoms with van der Waals surface area (Å²) in [4.78, 5) is 19.1. The number of aromatic nitrogens is 2. The minimum absolute atomic E-state index is 0.0399. The number of carboxylic acid groups (broad SMARTS) is 1. The average Bonchev–Trinajstić information content (AvgIpc) is 2.45. The Morgan fingerprint density at radius 3 is 2.62 bits per heavy atom. The van der Waals surface area contributed by atoms with Gasteiger partial charge in [0.05, 0.1) is 24.1 Å². The third-order valence-electron chi connectivity index (χ3n) is 2.64. The predicted molar refractivity (Wildman–Crippen MR) is 78.5 cm³/mol. The van der Waals surface area contributed by atoms with Crippen LogP contribution in [0.1, 0.15) is 29.8 Å². The highest BCUT2D eigenvalue weighted by Gasteiger charge is 2.04. The molecule has 0 saturated heterocycles. The maximum Gasteiger partial charge on any atom is 0.335 e. The van der Waals surface area contributed by atoms with Gasteiger partial charge in [-0.15, -0.1) is 0 Å². The maximum atomic E-state index is 10.8. The van der Waals surface area contributed by atoms with Crippen LogP contribution in [0.25, 0.3) is 0 Å². The van der Waals surface area contributed by atoms with Gasteiger partial charge < -0.3 is 15.2 Å². The summed E-state index contributed by atoms with van der Waals surface area (Å²) in [5.74, 6) is 0.144. The third kappa shape index (κ3) is 4.45. The first-order valence-electron chi connectivity index (χ1n) is 6.59. The van der Waals surface area contributed by atoms with Crippen LogP contribution in [0.4, 0.5) is 5.82 Å². The minimum atomic E-state index is -0.932. The quantitative estimate of drug-likeness (QED) is 0.849. The van der Waals surface area contributed by atoms with Crippen molar-refractivity contribution in [3.63, 3.8) is 0 Å². The lowest BCUT2D eigenvalue weighted by Gasteiger charge is -2.10. The second kappa shape index (κ2) is 6.69. The van der Waals surface area contributed by atoms with E-state index in [1.807, 2.05) is 13.8 Å². The molecule has 1 aromatic heterocycles. The Kier molecular flexibility index (Phi) is 4.71. The molecule has 0 amide bonds. The lowest BCUT2D eigenvalue weighted by molar-refractivity contribution is 0.0697. The molecule has 110 valence electrons. The molecular formula is C15H17N3O3. The molecule has 0 aliphatic rings. The number of rotatable bonds is 6. The zero-order valence-electron chi connectivity index (χ0n) is 11.9. The number of hydrogen-bond donors (Lipinski definition) is 2. The summed E-state index contributed by atoms with van der Waals surface area (Å²) in [5.41, 5.74) is 1.22. The number of carboxylic acids is 1. The number of nitrogens with one attached hydrogen (secondary N) is 1. The molecule has 0 aliphatic heterocycles. The van der Waals surface area contributed by atoms with Crippen molar-refractivity contribution in [3.8, 4) is 5.88 Å². The van der Waals surface area contributed by atoms with E-state index in [4.69, 9.17) is 9.84 Å². The topological polar surface area (TPSA) is 84.3 Å². The first kappa shape index (κ1) is 14.8. The lowest BCUT2D eigenvalue weighted by atomic mass is 10.1. The summed E-state index contributed by atoms with van der Waals surface area (Å²) in [6.07, 6.45) is 3.21. The van der Waals surface area contributed by atoms with Crippen molar-refractivity contribution < 1.29 is 14.6 Å². The van der Waals surface area contributed by atoms with Gasteiger partial charge in [0.1, 0.15) is 5.82 Å². The highest BCUT2D eigenvalue weighted by atomic mass is 16.5. The van der Waals surface area contributed by atoms with Gasteiger partial charge in [-0.25, -0.2) is 4.79 Å². The Hall–Kier alpha value is -2.63. The summed E-state index contributed by atoms with van der Waals surface area (Å²) in [6, 6.07) is 6.67. The Morgan fingerprint density at radius 2 is 2.00 bits per heavy atom. The van der Waals surface area contributed by atoms with Crippen LogP contribution in [0, 0.1) is 0 Å². The standard InChI is InChI=1S/C15H17N3O3/c1-10(2)21-14-9-16-8-13(18-14)17-7-11-3-5-12(6-4-11)15(19)20/h3-6,8-10H,7H2,1-2H3,(H,17,18)(H,19,20).